The largest absolute Gasteiger partial charge is 0.399 e. The molecule has 2 saturated heterocycles. The lowest BCUT2D eigenvalue weighted by Crippen LogP contribution is -2.49. The second kappa shape index (κ2) is 4.74. The summed E-state index contributed by atoms with van der Waals surface area (Å²) in [6, 6.07) is 7.46. The topological polar surface area (TPSA) is 78.6 Å². The van der Waals surface area contributed by atoms with Gasteiger partial charge in [0, 0.05) is 23.5 Å². The zero-order valence-corrected chi connectivity index (χ0v) is 10.7. The van der Waals surface area contributed by atoms with Crippen molar-refractivity contribution in [3.63, 3.8) is 0 Å². The Morgan fingerprint density at radius 3 is 2.63 bits per heavy atom. The van der Waals surface area contributed by atoms with Crippen LogP contribution in [-0.2, 0) is 0 Å². The molecule has 2 amide bonds. The van der Waals surface area contributed by atoms with Gasteiger partial charge < -0.3 is 21.1 Å². The third-order valence-electron chi connectivity index (χ3n) is 4.08. The van der Waals surface area contributed by atoms with Crippen molar-refractivity contribution in [2.75, 3.05) is 11.1 Å². The van der Waals surface area contributed by atoms with E-state index >= 15 is 0 Å². The Kier molecular flexibility index (Phi) is 3.06. The van der Waals surface area contributed by atoms with Gasteiger partial charge in [-0.2, -0.15) is 0 Å². The summed E-state index contributed by atoms with van der Waals surface area (Å²) in [6.07, 6.45) is 3.12. The van der Waals surface area contributed by atoms with Gasteiger partial charge in [0.2, 0.25) is 0 Å². The van der Waals surface area contributed by atoms with Crippen molar-refractivity contribution in [1.82, 2.24) is 4.90 Å². The molecule has 1 aromatic rings. The number of nitrogens with two attached hydrogens (primary N) is 1. The monoisotopic (exact) mass is 261 g/mol. The maximum absolute atomic E-state index is 12.3. The summed E-state index contributed by atoms with van der Waals surface area (Å²) >= 11 is 0. The van der Waals surface area contributed by atoms with E-state index in [0.717, 1.165) is 18.5 Å². The number of hydrogen-bond acceptors (Lipinski definition) is 3. The molecule has 5 heteroatoms. The van der Waals surface area contributed by atoms with Crippen LogP contribution < -0.4 is 11.1 Å². The summed E-state index contributed by atoms with van der Waals surface area (Å²) in [5.41, 5.74) is 7.05. The Bertz CT molecular complexity index is 477. The fraction of sp³-hybridized carbons (Fsp3) is 0.500. The number of anilines is 2. The van der Waals surface area contributed by atoms with Crippen molar-refractivity contribution in [2.24, 2.45) is 0 Å². The molecule has 102 valence electrons. The number of piperidine rings is 1. The maximum atomic E-state index is 12.3. The molecular formula is C14H19N3O2. The normalized spacial score (nSPS) is 29.3. The molecule has 2 atom stereocenters. The Morgan fingerprint density at radius 1 is 1.32 bits per heavy atom. The Morgan fingerprint density at radius 2 is 2.00 bits per heavy atom. The van der Waals surface area contributed by atoms with Crippen LogP contribution >= 0.6 is 0 Å². The van der Waals surface area contributed by atoms with Gasteiger partial charge in [0.15, 0.2) is 0 Å². The van der Waals surface area contributed by atoms with Crippen molar-refractivity contribution in [3.8, 4) is 0 Å². The van der Waals surface area contributed by atoms with Crippen LogP contribution in [0.3, 0.4) is 0 Å². The predicted molar refractivity (Wildman–Crippen MR) is 73.8 cm³/mol. The van der Waals surface area contributed by atoms with E-state index in [1.165, 1.54) is 0 Å². The van der Waals surface area contributed by atoms with Gasteiger partial charge in [0.05, 0.1) is 6.10 Å². The number of urea groups is 1. The van der Waals surface area contributed by atoms with Crippen LogP contribution in [0.5, 0.6) is 0 Å². The van der Waals surface area contributed by atoms with Crippen molar-refractivity contribution in [1.29, 1.82) is 0 Å². The highest BCUT2D eigenvalue weighted by Gasteiger charge is 2.42. The highest BCUT2D eigenvalue weighted by molar-refractivity contribution is 5.90. The van der Waals surface area contributed by atoms with E-state index in [1.54, 1.807) is 12.1 Å². The number of nitrogen functional groups attached to an aromatic ring is 1. The van der Waals surface area contributed by atoms with Gasteiger partial charge in [0.25, 0.3) is 0 Å². The molecule has 0 radical (unpaired) electrons. The molecule has 2 unspecified atom stereocenters. The molecule has 0 aromatic heterocycles. The van der Waals surface area contributed by atoms with Crippen molar-refractivity contribution in [2.45, 2.75) is 43.9 Å². The summed E-state index contributed by atoms with van der Waals surface area (Å²) in [7, 11) is 0. The first-order chi connectivity index (χ1) is 9.13. The fourth-order valence-corrected chi connectivity index (χ4v) is 3.28. The Balaban J connectivity index is 1.71. The van der Waals surface area contributed by atoms with Crippen molar-refractivity contribution < 1.29 is 9.90 Å². The number of amides is 2. The van der Waals surface area contributed by atoms with Gasteiger partial charge in [-0.3, -0.25) is 0 Å². The average Bonchev–Trinajstić information content (AvgIpc) is 2.62. The smallest absolute Gasteiger partial charge is 0.322 e. The molecule has 0 aliphatic carbocycles. The SMILES string of the molecule is Nc1cccc(NC(=O)N2C3CCC2CC(O)C3)c1. The fourth-order valence-electron chi connectivity index (χ4n) is 3.28. The first-order valence-corrected chi connectivity index (χ1v) is 6.76. The minimum absolute atomic E-state index is 0.0787. The van der Waals surface area contributed by atoms with E-state index in [0.29, 0.717) is 18.5 Å². The van der Waals surface area contributed by atoms with E-state index < -0.39 is 0 Å². The van der Waals surface area contributed by atoms with Crippen LogP contribution in [0.25, 0.3) is 0 Å². The van der Waals surface area contributed by atoms with Crippen molar-refractivity contribution in [3.05, 3.63) is 24.3 Å². The molecular weight excluding hydrogens is 242 g/mol. The molecule has 2 aliphatic heterocycles. The molecule has 2 fully saturated rings. The number of fused-ring (bicyclic) bond motifs is 2. The number of rotatable bonds is 1. The minimum atomic E-state index is -0.256. The second-order valence-electron chi connectivity index (χ2n) is 5.47. The summed E-state index contributed by atoms with van der Waals surface area (Å²) in [6.45, 7) is 0. The molecule has 2 heterocycles. The molecule has 2 bridgehead atoms. The molecule has 0 saturated carbocycles. The summed E-state index contributed by atoms with van der Waals surface area (Å²) < 4.78 is 0. The van der Waals surface area contributed by atoms with Gasteiger partial charge in [-0.1, -0.05) is 6.07 Å². The van der Waals surface area contributed by atoms with E-state index in [4.69, 9.17) is 5.73 Å². The lowest BCUT2D eigenvalue weighted by atomic mass is 10.0. The van der Waals surface area contributed by atoms with E-state index in [9.17, 15) is 9.90 Å². The third-order valence-corrected chi connectivity index (χ3v) is 4.08. The summed E-state index contributed by atoms with van der Waals surface area (Å²) in [5, 5.41) is 12.6. The van der Waals surface area contributed by atoms with Crippen molar-refractivity contribution >= 4 is 17.4 Å². The van der Waals surface area contributed by atoms with Gasteiger partial charge in [0.1, 0.15) is 0 Å². The van der Waals surface area contributed by atoms with Crippen LogP contribution in [-0.4, -0.2) is 34.2 Å². The van der Waals surface area contributed by atoms with Crippen LogP contribution in [0.2, 0.25) is 0 Å². The third kappa shape index (κ3) is 2.38. The number of nitrogens with zero attached hydrogens (tertiary/aromatic N) is 1. The number of aliphatic hydroxyl groups is 1. The lowest BCUT2D eigenvalue weighted by Gasteiger charge is -2.37. The Hall–Kier alpha value is -1.75. The second-order valence-corrected chi connectivity index (χ2v) is 5.47. The molecule has 5 nitrogen and oxygen atoms in total. The van der Waals surface area contributed by atoms with Gasteiger partial charge in [-0.15, -0.1) is 0 Å². The van der Waals surface area contributed by atoms with E-state index in [1.807, 2.05) is 17.0 Å². The maximum Gasteiger partial charge on any atom is 0.322 e. The number of carbonyl (C=O) groups excluding carboxylic acids is 1. The quantitative estimate of drug-likeness (QED) is 0.674. The lowest BCUT2D eigenvalue weighted by molar-refractivity contribution is 0.0580. The molecule has 0 spiro atoms. The van der Waals surface area contributed by atoms with Gasteiger partial charge in [-0.05, 0) is 43.9 Å². The summed E-state index contributed by atoms with van der Waals surface area (Å²) in [5.74, 6) is 0. The highest BCUT2D eigenvalue weighted by atomic mass is 16.3. The number of benzene rings is 1. The highest BCUT2D eigenvalue weighted by Crippen LogP contribution is 2.36. The van der Waals surface area contributed by atoms with Crippen LogP contribution in [0.1, 0.15) is 25.7 Å². The number of nitrogens with one attached hydrogen (secondary N) is 1. The molecule has 4 N–H and O–H groups in total. The van der Waals surface area contributed by atoms with Gasteiger partial charge >= 0.3 is 6.03 Å². The number of aliphatic hydroxyl groups excluding tert-OH is 1. The van der Waals surface area contributed by atoms with Crippen LogP contribution in [0, 0.1) is 0 Å². The van der Waals surface area contributed by atoms with Crippen LogP contribution in [0.15, 0.2) is 24.3 Å². The minimum Gasteiger partial charge on any atom is -0.399 e. The first kappa shape index (κ1) is 12.3. The average molecular weight is 261 g/mol. The van der Waals surface area contributed by atoms with Gasteiger partial charge in [-0.25, -0.2) is 4.79 Å². The standard InChI is InChI=1S/C14H19N3O2/c15-9-2-1-3-10(6-9)16-14(19)17-11-4-5-12(17)8-13(18)7-11/h1-3,6,11-13,18H,4-5,7-8,15H2,(H,16,19). The molecule has 19 heavy (non-hydrogen) atoms. The molecule has 1 aromatic carbocycles. The number of hydrogen-bond donors (Lipinski definition) is 3. The number of carbonyl (C=O) groups is 1. The molecule has 2 aliphatic rings. The zero-order chi connectivity index (χ0) is 13.4. The Labute approximate surface area is 112 Å². The van der Waals surface area contributed by atoms with E-state index in [2.05, 4.69) is 5.32 Å². The predicted octanol–water partition coefficient (Wildman–Crippen LogP) is 1.79. The summed E-state index contributed by atoms with van der Waals surface area (Å²) in [4.78, 5) is 14.2. The van der Waals surface area contributed by atoms with Crippen LogP contribution in [0.4, 0.5) is 16.2 Å². The van der Waals surface area contributed by atoms with E-state index in [-0.39, 0.29) is 24.2 Å². The molecule has 3 rings (SSSR count). The zero-order valence-electron chi connectivity index (χ0n) is 10.7. The first-order valence-electron chi connectivity index (χ1n) is 6.76.